The number of thiophene rings is 1. The summed E-state index contributed by atoms with van der Waals surface area (Å²) in [6.45, 7) is 0.403. The van der Waals surface area contributed by atoms with Gasteiger partial charge in [0.1, 0.15) is 0 Å². The Kier molecular flexibility index (Phi) is 4.51. The molecule has 0 bridgehead atoms. The van der Waals surface area contributed by atoms with E-state index in [-0.39, 0.29) is 5.91 Å². The van der Waals surface area contributed by atoms with Gasteiger partial charge < -0.3 is 5.32 Å². The SMILES string of the molecule is N#Cc1cccc(CNC(=O)c2sccc2-c2ccccc2)c1. The summed E-state index contributed by atoms with van der Waals surface area (Å²) in [5.74, 6) is -0.0961. The second-order valence-corrected chi connectivity index (χ2v) is 5.94. The highest BCUT2D eigenvalue weighted by Crippen LogP contribution is 2.28. The first-order valence-corrected chi connectivity index (χ1v) is 8.06. The average Bonchev–Trinajstić information content (AvgIpc) is 3.10. The van der Waals surface area contributed by atoms with Crippen LogP contribution in [0, 0.1) is 11.3 Å². The normalized spacial score (nSPS) is 10.0. The van der Waals surface area contributed by atoms with E-state index in [1.54, 1.807) is 12.1 Å². The zero-order valence-corrected chi connectivity index (χ0v) is 13.1. The van der Waals surface area contributed by atoms with Crippen molar-refractivity contribution in [3.05, 3.63) is 82.0 Å². The average molecular weight is 318 g/mol. The van der Waals surface area contributed by atoms with Crippen LogP contribution in [-0.4, -0.2) is 5.91 Å². The molecule has 3 aromatic rings. The first-order valence-electron chi connectivity index (χ1n) is 7.18. The van der Waals surface area contributed by atoms with E-state index in [2.05, 4.69) is 11.4 Å². The molecule has 0 saturated heterocycles. The van der Waals surface area contributed by atoms with Crippen molar-refractivity contribution < 1.29 is 4.79 Å². The van der Waals surface area contributed by atoms with Crippen molar-refractivity contribution in [3.63, 3.8) is 0 Å². The Bertz CT molecular complexity index is 862. The fourth-order valence-electron chi connectivity index (χ4n) is 2.34. The third-order valence-corrected chi connectivity index (χ3v) is 4.38. The zero-order chi connectivity index (χ0) is 16.1. The largest absolute Gasteiger partial charge is 0.347 e. The maximum atomic E-state index is 12.5. The first kappa shape index (κ1) is 15.0. The molecule has 0 atom stereocenters. The topological polar surface area (TPSA) is 52.9 Å². The summed E-state index contributed by atoms with van der Waals surface area (Å²) in [5, 5.41) is 13.8. The van der Waals surface area contributed by atoms with Gasteiger partial charge in [-0.15, -0.1) is 11.3 Å². The van der Waals surface area contributed by atoms with E-state index >= 15 is 0 Å². The van der Waals surface area contributed by atoms with E-state index in [9.17, 15) is 4.79 Å². The highest BCUT2D eigenvalue weighted by atomic mass is 32.1. The van der Waals surface area contributed by atoms with Crippen LogP contribution in [0.3, 0.4) is 0 Å². The minimum absolute atomic E-state index is 0.0961. The highest BCUT2D eigenvalue weighted by molar-refractivity contribution is 7.12. The molecule has 0 fully saturated rings. The van der Waals surface area contributed by atoms with Crippen LogP contribution in [0.5, 0.6) is 0 Å². The van der Waals surface area contributed by atoms with Crippen LogP contribution in [0.2, 0.25) is 0 Å². The number of rotatable bonds is 4. The zero-order valence-electron chi connectivity index (χ0n) is 12.3. The molecular weight excluding hydrogens is 304 g/mol. The number of benzene rings is 2. The van der Waals surface area contributed by atoms with E-state index in [0.717, 1.165) is 16.7 Å². The predicted octanol–water partition coefficient (Wildman–Crippen LogP) is 4.22. The standard InChI is InChI=1S/C19H14N2OS/c20-12-14-5-4-6-15(11-14)13-21-19(22)18-17(9-10-23-18)16-7-2-1-3-8-16/h1-11H,13H2,(H,21,22). The lowest BCUT2D eigenvalue weighted by Crippen LogP contribution is -2.22. The quantitative estimate of drug-likeness (QED) is 0.783. The lowest BCUT2D eigenvalue weighted by molar-refractivity contribution is 0.0955. The Morgan fingerprint density at radius 2 is 1.91 bits per heavy atom. The minimum atomic E-state index is -0.0961. The maximum Gasteiger partial charge on any atom is 0.262 e. The molecule has 0 spiro atoms. The summed E-state index contributed by atoms with van der Waals surface area (Å²) in [6, 6.07) is 21.2. The number of carbonyl (C=O) groups excluding carboxylic acids is 1. The molecule has 0 unspecified atom stereocenters. The number of hydrogen-bond acceptors (Lipinski definition) is 3. The number of amides is 1. The first-order chi connectivity index (χ1) is 11.3. The predicted molar refractivity (Wildman–Crippen MR) is 92.1 cm³/mol. The van der Waals surface area contributed by atoms with Gasteiger partial charge in [0.05, 0.1) is 16.5 Å². The van der Waals surface area contributed by atoms with Crippen LogP contribution >= 0.6 is 11.3 Å². The van der Waals surface area contributed by atoms with Crippen molar-refractivity contribution in [1.29, 1.82) is 5.26 Å². The van der Waals surface area contributed by atoms with Gasteiger partial charge in [-0.1, -0.05) is 42.5 Å². The van der Waals surface area contributed by atoms with Crippen LogP contribution in [0.4, 0.5) is 0 Å². The van der Waals surface area contributed by atoms with Crippen molar-refractivity contribution in [2.45, 2.75) is 6.54 Å². The van der Waals surface area contributed by atoms with Gasteiger partial charge in [0, 0.05) is 12.1 Å². The van der Waals surface area contributed by atoms with Crippen LogP contribution in [0.1, 0.15) is 20.8 Å². The summed E-state index contributed by atoms with van der Waals surface area (Å²) in [6.07, 6.45) is 0. The van der Waals surface area contributed by atoms with Gasteiger partial charge >= 0.3 is 0 Å². The van der Waals surface area contributed by atoms with Crippen LogP contribution in [0.25, 0.3) is 11.1 Å². The molecule has 1 N–H and O–H groups in total. The van der Waals surface area contributed by atoms with E-state index in [0.29, 0.717) is 17.0 Å². The van der Waals surface area contributed by atoms with Crippen molar-refractivity contribution in [2.75, 3.05) is 0 Å². The van der Waals surface area contributed by atoms with E-state index < -0.39 is 0 Å². The smallest absolute Gasteiger partial charge is 0.262 e. The monoisotopic (exact) mass is 318 g/mol. The molecule has 0 aliphatic carbocycles. The Morgan fingerprint density at radius 3 is 2.70 bits per heavy atom. The summed E-state index contributed by atoms with van der Waals surface area (Å²) in [4.78, 5) is 13.2. The number of carbonyl (C=O) groups is 1. The van der Waals surface area contributed by atoms with Crippen molar-refractivity contribution in [3.8, 4) is 17.2 Å². The van der Waals surface area contributed by atoms with Gasteiger partial charge in [-0.3, -0.25) is 4.79 Å². The van der Waals surface area contributed by atoms with Gasteiger partial charge in [-0.25, -0.2) is 0 Å². The molecule has 1 heterocycles. The highest BCUT2D eigenvalue weighted by Gasteiger charge is 2.14. The van der Waals surface area contributed by atoms with Crippen LogP contribution in [-0.2, 0) is 6.54 Å². The van der Waals surface area contributed by atoms with E-state index in [4.69, 9.17) is 5.26 Å². The van der Waals surface area contributed by atoms with Gasteiger partial charge in [0.2, 0.25) is 0 Å². The van der Waals surface area contributed by atoms with Crippen molar-refractivity contribution >= 4 is 17.2 Å². The number of nitrogens with zero attached hydrogens (tertiary/aromatic N) is 1. The molecule has 112 valence electrons. The third-order valence-electron chi connectivity index (χ3n) is 3.47. The van der Waals surface area contributed by atoms with Crippen molar-refractivity contribution in [1.82, 2.24) is 5.32 Å². The second kappa shape index (κ2) is 6.91. The Morgan fingerprint density at radius 1 is 1.09 bits per heavy atom. The molecule has 2 aromatic carbocycles. The molecule has 3 nitrogen and oxygen atoms in total. The van der Waals surface area contributed by atoms with Gasteiger partial charge in [0.15, 0.2) is 0 Å². The maximum absolute atomic E-state index is 12.5. The lowest BCUT2D eigenvalue weighted by Gasteiger charge is -2.07. The summed E-state index contributed by atoms with van der Waals surface area (Å²) in [5.41, 5.74) is 3.48. The molecule has 4 heteroatoms. The summed E-state index contributed by atoms with van der Waals surface area (Å²) < 4.78 is 0. The van der Waals surface area contributed by atoms with E-state index in [1.165, 1.54) is 11.3 Å². The van der Waals surface area contributed by atoms with Crippen LogP contribution in [0.15, 0.2) is 66.0 Å². The van der Waals surface area contributed by atoms with Gasteiger partial charge in [-0.2, -0.15) is 5.26 Å². The van der Waals surface area contributed by atoms with E-state index in [1.807, 2.05) is 53.9 Å². The number of nitrogens with one attached hydrogen (secondary N) is 1. The molecule has 3 rings (SSSR count). The molecule has 23 heavy (non-hydrogen) atoms. The minimum Gasteiger partial charge on any atom is -0.347 e. The Labute approximate surface area is 138 Å². The summed E-state index contributed by atoms with van der Waals surface area (Å²) >= 11 is 1.43. The third kappa shape index (κ3) is 3.47. The van der Waals surface area contributed by atoms with Gasteiger partial charge in [-0.05, 0) is 34.7 Å². The molecule has 0 aliphatic rings. The Balaban J connectivity index is 1.75. The molecule has 1 aromatic heterocycles. The fourth-order valence-corrected chi connectivity index (χ4v) is 3.18. The fraction of sp³-hybridized carbons (Fsp3) is 0.0526. The molecule has 0 radical (unpaired) electrons. The van der Waals surface area contributed by atoms with Crippen LogP contribution < -0.4 is 5.32 Å². The molecule has 0 aliphatic heterocycles. The number of hydrogen-bond donors (Lipinski definition) is 1. The van der Waals surface area contributed by atoms with Crippen molar-refractivity contribution in [2.24, 2.45) is 0 Å². The summed E-state index contributed by atoms with van der Waals surface area (Å²) in [7, 11) is 0. The second-order valence-electron chi connectivity index (χ2n) is 5.02. The molecular formula is C19H14N2OS. The molecule has 1 amide bonds. The lowest BCUT2D eigenvalue weighted by atomic mass is 10.1. The van der Waals surface area contributed by atoms with Gasteiger partial charge in [0.25, 0.3) is 5.91 Å². The Hall–Kier alpha value is -2.90. The molecule has 0 saturated carbocycles. The number of nitriles is 1.